The molecule has 2 aliphatic carbocycles. The van der Waals surface area contributed by atoms with E-state index in [4.69, 9.17) is 9.47 Å². The van der Waals surface area contributed by atoms with Crippen LogP contribution in [0.2, 0.25) is 0 Å². The van der Waals surface area contributed by atoms with Gasteiger partial charge in [-0.3, -0.25) is 0 Å². The van der Waals surface area contributed by atoms with Crippen LogP contribution in [-0.4, -0.2) is 19.0 Å². The van der Waals surface area contributed by atoms with Crippen LogP contribution in [0.1, 0.15) is 12.8 Å². The first-order chi connectivity index (χ1) is 5.33. The molecule has 1 aliphatic heterocycles. The lowest BCUT2D eigenvalue weighted by molar-refractivity contribution is -0.162. The molecule has 2 heteroatoms. The van der Waals surface area contributed by atoms with Gasteiger partial charge in [0.1, 0.15) is 0 Å². The minimum atomic E-state index is -0.207. The zero-order chi connectivity index (χ0) is 7.47. The molecule has 0 bridgehead atoms. The minimum Gasteiger partial charge on any atom is -0.347 e. The maximum atomic E-state index is 5.64. The van der Waals surface area contributed by atoms with Crippen LogP contribution in [0, 0.1) is 11.8 Å². The normalized spacial score (nSPS) is 44.9. The van der Waals surface area contributed by atoms with Crippen molar-refractivity contribution in [3.05, 3.63) is 12.2 Å². The first-order valence-corrected chi connectivity index (χ1v) is 4.30. The summed E-state index contributed by atoms with van der Waals surface area (Å²) in [5.74, 6) is 1.07. The van der Waals surface area contributed by atoms with Gasteiger partial charge in [0, 0.05) is 12.3 Å². The van der Waals surface area contributed by atoms with Gasteiger partial charge in [-0.15, -0.1) is 0 Å². The van der Waals surface area contributed by atoms with E-state index in [9.17, 15) is 0 Å². The maximum Gasteiger partial charge on any atom is 0.175 e. The molecule has 3 fully saturated rings. The largest absolute Gasteiger partial charge is 0.347 e. The molecule has 2 saturated carbocycles. The fraction of sp³-hybridized carbons (Fsp3) is 0.778. The van der Waals surface area contributed by atoms with Crippen LogP contribution in [0.4, 0.5) is 0 Å². The molecule has 2 atom stereocenters. The number of hydrogen-bond acceptors (Lipinski definition) is 2. The summed E-state index contributed by atoms with van der Waals surface area (Å²) in [6, 6.07) is 0. The van der Waals surface area contributed by atoms with Crippen LogP contribution < -0.4 is 0 Å². The van der Waals surface area contributed by atoms with Crippen molar-refractivity contribution in [2.45, 2.75) is 18.6 Å². The summed E-state index contributed by atoms with van der Waals surface area (Å²) in [6.45, 7) is 5.56. The van der Waals surface area contributed by atoms with Gasteiger partial charge in [0.2, 0.25) is 0 Å². The first kappa shape index (κ1) is 6.21. The Labute approximate surface area is 66.2 Å². The van der Waals surface area contributed by atoms with Gasteiger partial charge >= 0.3 is 0 Å². The third kappa shape index (κ3) is 0.603. The Hall–Kier alpha value is -0.340. The molecule has 3 aliphatic rings. The second-order valence-corrected chi connectivity index (χ2v) is 3.71. The van der Waals surface area contributed by atoms with E-state index in [2.05, 4.69) is 6.58 Å². The van der Waals surface area contributed by atoms with Gasteiger partial charge < -0.3 is 9.47 Å². The average molecular weight is 152 g/mol. The molecule has 1 heterocycles. The number of rotatable bonds is 0. The summed E-state index contributed by atoms with van der Waals surface area (Å²) in [4.78, 5) is 0. The standard InChI is InChI=1S/C9H12O2/c1-6-7-2-3-9(8(6)7)10-4-5-11-9/h7-8H,1-5H2. The van der Waals surface area contributed by atoms with Crippen molar-refractivity contribution in [3.63, 3.8) is 0 Å². The Morgan fingerprint density at radius 1 is 1.36 bits per heavy atom. The van der Waals surface area contributed by atoms with Crippen molar-refractivity contribution in [1.82, 2.24) is 0 Å². The molecule has 0 aromatic carbocycles. The minimum absolute atomic E-state index is 0.207. The molecule has 60 valence electrons. The smallest absolute Gasteiger partial charge is 0.175 e. The molecular formula is C9H12O2. The highest BCUT2D eigenvalue weighted by atomic mass is 16.7. The van der Waals surface area contributed by atoms with Crippen LogP contribution in [-0.2, 0) is 9.47 Å². The van der Waals surface area contributed by atoms with Gasteiger partial charge in [0.05, 0.1) is 13.2 Å². The highest BCUT2D eigenvalue weighted by molar-refractivity contribution is 5.34. The molecule has 1 spiro atoms. The van der Waals surface area contributed by atoms with E-state index in [1.54, 1.807) is 0 Å². The van der Waals surface area contributed by atoms with Crippen molar-refractivity contribution in [2.75, 3.05) is 13.2 Å². The average Bonchev–Trinajstić information content (AvgIpc) is 2.52. The SMILES string of the molecule is C=C1C2CCC3(OCCO3)C12. The summed E-state index contributed by atoms with van der Waals surface area (Å²) >= 11 is 0. The molecule has 1 saturated heterocycles. The van der Waals surface area contributed by atoms with Crippen LogP contribution in [0.3, 0.4) is 0 Å². The van der Waals surface area contributed by atoms with Crippen LogP contribution in [0.5, 0.6) is 0 Å². The van der Waals surface area contributed by atoms with E-state index in [1.807, 2.05) is 0 Å². The van der Waals surface area contributed by atoms with E-state index in [0.717, 1.165) is 25.6 Å². The zero-order valence-corrected chi connectivity index (χ0v) is 6.51. The van der Waals surface area contributed by atoms with E-state index < -0.39 is 0 Å². The third-order valence-corrected chi connectivity index (χ3v) is 3.22. The monoisotopic (exact) mass is 152 g/mol. The Morgan fingerprint density at radius 3 is 2.64 bits per heavy atom. The van der Waals surface area contributed by atoms with Crippen molar-refractivity contribution >= 4 is 0 Å². The summed E-state index contributed by atoms with van der Waals surface area (Å²) < 4.78 is 11.3. The Kier molecular flexibility index (Phi) is 0.958. The predicted octanol–water partition coefficient (Wildman–Crippen LogP) is 1.33. The highest BCUT2D eigenvalue weighted by Crippen LogP contribution is 2.63. The summed E-state index contributed by atoms with van der Waals surface area (Å²) in [7, 11) is 0. The van der Waals surface area contributed by atoms with Crippen LogP contribution >= 0.6 is 0 Å². The Morgan fingerprint density at radius 2 is 2.09 bits per heavy atom. The summed E-state index contributed by atoms with van der Waals surface area (Å²) in [6.07, 6.45) is 2.31. The van der Waals surface area contributed by atoms with Gasteiger partial charge in [-0.05, 0) is 12.3 Å². The quantitative estimate of drug-likeness (QED) is 0.487. The fourth-order valence-electron chi connectivity index (χ4n) is 2.62. The van der Waals surface area contributed by atoms with Crippen molar-refractivity contribution < 1.29 is 9.47 Å². The molecule has 0 N–H and O–H groups in total. The molecule has 0 aromatic rings. The van der Waals surface area contributed by atoms with Crippen LogP contribution in [0.15, 0.2) is 12.2 Å². The maximum absolute atomic E-state index is 5.64. The van der Waals surface area contributed by atoms with E-state index >= 15 is 0 Å². The lowest BCUT2D eigenvalue weighted by Gasteiger charge is -2.23. The second kappa shape index (κ2) is 1.70. The molecule has 2 unspecified atom stereocenters. The number of hydrogen-bond donors (Lipinski definition) is 0. The second-order valence-electron chi connectivity index (χ2n) is 3.71. The molecule has 0 aromatic heterocycles. The molecule has 0 radical (unpaired) electrons. The molecule has 0 amide bonds. The third-order valence-electron chi connectivity index (χ3n) is 3.22. The van der Waals surface area contributed by atoms with E-state index in [0.29, 0.717) is 5.92 Å². The van der Waals surface area contributed by atoms with Crippen LogP contribution in [0.25, 0.3) is 0 Å². The number of fused-ring (bicyclic) bond motifs is 2. The summed E-state index contributed by atoms with van der Waals surface area (Å²) in [5.41, 5.74) is 1.36. The predicted molar refractivity (Wildman–Crippen MR) is 40.0 cm³/mol. The Balaban J connectivity index is 1.92. The Bertz CT molecular complexity index is 210. The van der Waals surface area contributed by atoms with Gasteiger partial charge in [-0.25, -0.2) is 0 Å². The molecule has 2 nitrogen and oxygen atoms in total. The van der Waals surface area contributed by atoms with E-state index in [-0.39, 0.29) is 5.79 Å². The fourth-order valence-corrected chi connectivity index (χ4v) is 2.62. The van der Waals surface area contributed by atoms with E-state index in [1.165, 1.54) is 12.0 Å². The lowest BCUT2D eigenvalue weighted by atomic mass is 10.1. The molecular weight excluding hydrogens is 140 g/mol. The van der Waals surface area contributed by atoms with Gasteiger partial charge in [0.15, 0.2) is 5.79 Å². The van der Waals surface area contributed by atoms with Gasteiger partial charge in [0.25, 0.3) is 0 Å². The summed E-state index contributed by atoms with van der Waals surface area (Å²) in [5, 5.41) is 0. The number of ether oxygens (including phenoxy) is 2. The first-order valence-electron chi connectivity index (χ1n) is 4.30. The van der Waals surface area contributed by atoms with Crippen molar-refractivity contribution in [1.29, 1.82) is 0 Å². The highest BCUT2D eigenvalue weighted by Gasteiger charge is 2.64. The van der Waals surface area contributed by atoms with Crippen molar-refractivity contribution in [3.8, 4) is 0 Å². The zero-order valence-electron chi connectivity index (χ0n) is 6.51. The van der Waals surface area contributed by atoms with Crippen molar-refractivity contribution in [2.24, 2.45) is 11.8 Å². The van der Waals surface area contributed by atoms with Gasteiger partial charge in [-0.2, -0.15) is 0 Å². The van der Waals surface area contributed by atoms with Gasteiger partial charge in [-0.1, -0.05) is 12.2 Å². The lowest BCUT2D eigenvalue weighted by Crippen LogP contribution is -2.29. The topological polar surface area (TPSA) is 18.5 Å². The molecule has 3 rings (SSSR count). The molecule has 11 heavy (non-hydrogen) atoms.